The monoisotopic (exact) mass is 394 g/mol. The summed E-state index contributed by atoms with van der Waals surface area (Å²) < 4.78 is 27.5. The number of amides is 2. The standard InChI is InChI=1S/C21H16F2N4O2/c22-15-3-4-18(23)17(9-15)14-7-16(11-24-10-14)26-21(29)13-5-6-25-19(8-13)27-20(28)12-1-2-12/h3-12H,1-2H2,(H,26,29)(H,25,27,28). The van der Waals surface area contributed by atoms with Crippen LogP contribution in [-0.4, -0.2) is 21.8 Å². The molecule has 0 radical (unpaired) electrons. The van der Waals surface area contributed by atoms with Gasteiger partial charge >= 0.3 is 0 Å². The van der Waals surface area contributed by atoms with Gasteiger partial charge in [0, 0.05) is 35.0 Å². The number of anilines is 2. The highest BCUT2D eigenvalue weighted by molar-refractivity contribution is 6.05. The van der Waals surface area contributed by atoms with E-state index in [1.807, 2.05) is 0 Å². The van der Waals surface area contributed by atoms with E-state index in [0.717, 1.165) is 31.0 Å². The van der Waals surface area contributed by atoms with E-state index in [1.165, 1.54) is 36.8 Å². The summed E-state index contributed by atoms with van der Waals surface area (Å²) in [6.45, 7) is 0. The van der Waals surface area contributed by atoms with Crippen LogP contribution >= 0.6 is 0 Å². The fourth-order valence-electron chi connectivity index (χ4n) is 2.79. The van der Waals surface area contributed by atoms with E-state index in [-0.39, 0.29) is 23.0 Å². The number of carbonyl (C=O) groups excluding carboxylic acids is 2. The van der Waals surface area contributed by atoms with Crippen molar-refractivity contribution in [2.24, 2.45) is 5.92 Å². The molecule has 1 saturated carbocycles. The molecular weight excluding hydrogens is 378 g/mol. The van der Waals surface area contributed by atoms with Gasteiger partial charge in [-0.2, -0.15) is 0 Å². The van der Waals surface area contributed by atoms with Gasteiger partial charge in [-0.25, -0.2) is 13.8 Å². The van der Waals surface area contributed by atoms with E-state index in [9.17, 15) is 18.4 Å². The summed E-state index contributed by atoms with van der Waals surface area (Å²) in [6, 6.07) is 7.60. The fourth-order valence-corrected chi connectivity index (χ4v) is 2.79. The van der Waals surface area contributed by atoms with Crippen molar-refractivity contribution >= 4 is 23.3 Å². The molecule has 146 valence electrons. The maximum absolute atomic E-state index is 14.0. The van der Waals surface area contributed by atoms with Crippen LogP contribution in [0.2, 0.25) is 0 Å². The van der Waals surface area contributed by atoms with Crippen LogP contribution in [0.4, 0.5) is 20.3 Å². The first kappa shape index (κ1) is 18.7. The minimum Gasteiger partial charge on any atom is -0.321 e. The molecule has 0 aliphatic heterocycles. The van der Waals surface area contributed by atoms with E-state index < -0.39 is 17.5 Å². The number of carbonyl (C=O) groups is 2. The van der Waals surface area contributed by atoms with E-state index in [0.29, 0.717) is 17.1 Å². The lowest BCUT2D eigenvalue weighted by Crippen LogP contribution is -2.16. The first-order valence-electron chi connectivity index (χ1n) is 8.98. The highest BCUT2D eigenvalue weighted by Gasteiger charge is 2.29. The SMILES string of the molecule is O=C(Nc1cncc(-c2cc(F)ccc2F)c1)c1ccnc(NC(=O)C2CC2)c1. The van der Waals surface area contributed by atoms with Crippen LogP contribution in [0.5, 0.6) is 0 Å². The van der Waals surface area contributed by atoms with Crippen molar-refractivity contribution < 1.29 is 18.4 Å². The molecular formula is C21H16F2N4O2. The number of nitrogens with zero attached hydrogens (tertiary/aromatic N) is 2. The van der Waals surface area contributed by atoms with Crippen molar-refractivity contribution in [2.45, 2.75) is 12.8 Å². The molecule has 0 atom stereocenters. The van der Waals surface area contributed by atoms with Gasteiger partial charge in [-0.1, -0.05) is 0 Å². The number of halogens is 2. The highest BCUT2D eigenvalue weighted by atomic mass is 19.1. The zero-order valence-corrected chi connectivity index (χ0v) is 15.2. The molecule has 2 heterocycles. The summed E-state index contributed by atoms with van der Waals surface area (Å²) in [6.07, 6.45) is 5.93. The van der Waals surface area contributed by atoms with Crippen molar-refractivity contribution in [2.75, 3.05) is 10.6 Å². The lowest BCUT2D eigenvalue weighted by atomic mass is 10.1. The molecule has 8 heteroatoms. The largest absolute Gasteiger partial charge is 0.321 e. The van der Waals surface area contributed by atoms with Crippen LogP contribution in [0.25, 0.3) is 11.1 Å². The topological polar surface area (TPSA) is 84.0 Å². The zero-order valence-electron chi connectivity index (χ0n) is 15.2. The van der Waals surface area contributed by atoms with E-state index in [4.69, 9.17) is 0 Å². The van der Waals surface area contributed by atoms with E-state index in [2.05, 4.69) is 20.6 Å². The lowest BCUT2D eigenvalue weighted by Gasteiger charge is -2.09. The van der Waals surface area contributed by atoms with Crippen LogP contribution in [0, 0.1) is 17.6 Å². The second-order valence-corrected chi connectivity index (χ2v) is 6.73. The molecule has 1 aliphatic carbocycles. The first-order chi connectivity index (χ1) is 14.0. The molecule has 4 rings (SSSR count). The second-order valence-electron chi connectivity index (χ2n) is 6.73. The number of hydrogen-bond acceptors (Lipinski definition) is 4. The Morgan fingerprint density at radius 3 is 2.62 bits per heavy atom. The zero-order chi connectivity index (χ0) is 20.4. The number of benzene rings is 1. The predicted octanol–water partition coefficient (Wildman–Crippen LogP) is 4.02. The Kier molecular flexibility index (Phi) is 4.99. The Labute approximate surface area is 165 Å². The molecule has 6 nitrogen and oxygen atoms in total. The van der Waals surface area contributed by atoms with Gasteiger partial charge < -0.3 is 10.6 Å². The van der Waals surface area contributed by atoms with Crippen molar-refractivity contribution in [1.82, 2.24) is 9.97 Å². The molecule has 2 N–H and O–H groups in total. The Balaban J connectivity index is 1.51. The number of pyridine rings is 2. The van der Waals surface area contributed by atoms with Crippen LogP contribution in [-0.2, 0) is 4.79 Å². The maximum Gasteiger partial charge on any atom is 0.255 e. The second kappa shape index (κ2) is 7.75. The van der Waals surface area contributed by atoms with Gasteiger partial charge in [0.15, 0.2) is 0 Å². The van der Waals surface area contributed by atoms with Gasteiger partial charge in [-0.3, -0.25) is 14.6 Å². The summed E-state index contributed by atoms with van der Waals surface area (Å²) in [5, 5.41) is 5.35. The van der Waals surface area contributed by atoms with Crippen molar-refractivity contribution in [3.63, 3.8) is 0 Å². The van der Waals surface area contributed by atoms with Crippen LogP contribution < -0.4 is 10.6 Å². The third kappa shape index (κ3) is 4.43. The van der Waals surface area contributed by atoms with Gasteiger partial charge in [-0.15, -0.1) is 0 Å². The quantitative estimate of drug-likeness (QED) is 0.685. The Morgan fingerprint density at radius 2 is 1.83 bits per heavy atom. The lowest BCUT2D eigenvalue weighted by molar-refractivity contribution is -0.117. The van der Waals surface area contributed by atoms with E-state index >= 15 is 0 Å². The predicted molar refractivity (Wildman–Crippen MR) is 103 cm³/mol. The van der Waals surface area contributed by atoms with Gasteiger partial charge in [0.05, 0.1) is 11.9 Å². The fraction of sp³-hybridized carbons (Fsp3) is 0.143. The average Bonchev–Trinajstić information content (AvgIpc) is 3.56. The normalized spacial score (nSPS) is 13.0. The third-order valence-corrected chi connectivity index (χ3v) is 4.46. The minimum atomic E-state index is -0.596. The number of aromatic nitrogens is 2. The summed E-state index contributed by atoms with van der Waals surface area (Å²) in [5.41, 5.74) is 0.972. The molecule has 1 fully saturated rings. The minimum absolute atomic E-state index is 0.0197. The van der Waals surface area contributed by atoms with E-state index in [1.54, 1.807) is 0 Å². The molecule has 2 amide bonds. The number of rotatable bonds is 5. The van der Waals surface area contributed by atoms with Crippen LogP contribution in [0.15, 0.2) is 55.0 Å². The van der Waals surface area contributed by atoms with Crippen molar-refractivity contribution in [3.05, 3.63) is 72.2 Å². The van der Waals surface area contributed by atoms with Gasteiger partial charge in [0.25, 0.3) is 5.91 Å². The van der Waals surface area contributed by atoms with Crippen LogP contribution in [0.1, 0.15) is 23.2 Å². The number of hydrogen-bond donors (Lipinski definition) is 2. The molecule has 29 heavy (non-hydrogen) atoms. The highest BCUT2D eigenvalue weighted by Crippen LogP contribution is 2.30. The molecule has 0 spiro atoms. The molecule has 2 aromatic heterocycles. The van der Waals surface area contributed by atoms with Gasteiger partial charge in [0.1, 0.15) is 17.5 Å². The van der Waals surface area contributed by atoms with Gasteiger partial charge in [0.2, 0.25) is 5.91 Å². The Morgan fingerprint density at radius 1 is 1.00 bits per heavy atom. The summed E-state index contributed by atoms with van der Waals surface area (Å²) in [4.78, 5) is 32.4. The Hall–Kier alpha value is -3.68. The molecule has 0 bridgehead atoms. The summed E-state index contributed by atoms with van der Waals surface area (Å²) >= 11 is 0. The van der Waals surface area contributed by atoms with Gasteiger partial charge in [-0.05, 0) is 49.2 Å². The molecule has 1 aliphatic rings. The van der Waals surface area contributed by atoms with Crippen LogP contribution in [0.3, 0.4) is 0 Å². The van der Waals surface area contributed by atoms with Crippen molar-refractivity contribution in [3.8, 4) is 11.1 Å². The maximum atomic E-state index is 14.0. The number of nitrogens with one attached hydrogen (secondary N) is 2. The molecule has 3 aromatic rings. The summed E-state index contributed by atoms with van der Waals surface area (Å²) in [5.74, 6) is -1.41. The molecule has 0 unspecified atom stereocenters. The molecule has 1 aromatic carbocycles. The summed E-state index contributed by atoms with van der Waals surface area (Å²) in [7, 11) is 0. The van der Waals surface area contributed by atoms with Crippen molar-refractivity contribution in [1.29, 1.82) is 0 Å². The average molecular weight is 394 g/mol. The Bertz CT molecular complexity index is 1100. The third-order valence-electron chi connectivity index (χ3n) is 4.46. The smallest absolute Gasteiger partial charge is 0.255 e. The first-order valence-corrected chi connectivity index (χ1v) is 8.98. The molecule has 0 saturated heterocycles.